The Bertz CT molecular complexity index is 1050. The number of alkyl halides is 6. The van der Waals surface area contributed by atoms with Gasteiger partial charge in [-0.1, -0.05) is 12.1 Å². The van der Waals surface area contributed by atoms with Crippen LogP contribution in [-0.2, 0) is 12.4 Å². The van der Waals surface area contributed by atoms with Crippen LogP contribution in [0.25, 0.3) is 11.5 Å². The molecule has 0 aliphatic carbocycles. The zero-order valence-corrected chi connectivity index (χ0v) is 15.5. The predicted octanol–water partition coefficient (Wildman–Crippen LogP) is 4.78. The van der Waals surface area contributed by atoms with E-state index in [-0.39, 0.29) is 29.1 Å². The number of aromatic nitrogens is 4. The fraction of sp³-hybridized carbons (Fsp3) is 0.222. The fourth-order valence-electron chi connectivity index (χ4n) is 2.35. The first-order valence-corrected chi connectivity index (χ1v) is 8.36. The van der Waals surface area contributed by atoms with Crippen LogP contribution >= 0.6 is 0 Å². The van der Waals surface area contributed by atoms with Crippen LogP contribution in [0.3, 0.4) is 0 Å². The summed E-state index contributed by atoms with van der Waals surface area (Å²) >= 11 is 0. The van der Waals surface area contributed by atoms with E-state index in [0.29, 0.717) is 0 Å². The summed E-state index contributed by atoms with van der Waals surface area (Å²) in [5.41, 5.74) is -2.13. The number of anilines is 3. The second kappa shape index (κ2) is 7.76. The number of pyridine rings is 1. The molecule has 0 saturated heterocycles. The molecule has 0 amide bonds. The van der Waals surface area contributed by atoms with Gasteiger partial charge >= 0.3 is 12.4 Å². The van der Waals surface area contributed by atoms with Gasteiger partial charge in [-0.05, 0) is 30.3 Å². The standard InChI is InChI=1S/C18H14F6N6/c1-30(2)16-28-14(12-7-4-8-13(26-12)18(22,23)24)27-15(29-16)25-11-6-3-5-10(9-11)17(19,20)21/h3-9H,1-2H3,(H,25,27,28,29). The highest BCUT2D eigenvalue weighted by atomic mass is 19.4. The summed E-state index contributed by atoms with van der Waals surface area (Å²) in [5.74, 6) is -0.245. The number of hydrogen-bond donors (Lipinski definition) is 1. The van der Waals surface area contributed by atoms with Crippen molar-refractivity contribution in [2.45, 2.75) is 12.4 Å². The molecule has 2 heterocycles. The average Bonchev–Trinajstić information content (AvgIpc) is 2.67. The van der Waals surface area contributed by atoms with Crippen LogP contribution in [0.1, 0.15) is 11.3 Å². The molecule has 30 heavy (non-hydrogen) atoms. The van der Waals surface area contributed by atoms with Crippen LogP contribution < -0.4 is 10.2 Å². The molecule has 3 aromatic rings. The molecule has 1 N–H and O–H groups in total. The minimum absolute atomic E-state index is 0.0451. The summed E-state index contributed by atoms with van der Waals surface area (Å²) in [6, 6.07) is 7.59. The van der Waals surface area contributed by atoms with E-state index in [0.717, 1.165) is 24.3 Å². The normalized spacial score (nSPS) is 12.0. The molecule has 1 aromatic carbocycles. The summed E-state index contributed by atoms with van der Waals surface area (Å²) < 4.78 is 77.7. The number of benzene rings is 1. The molecule has 2 aromatic heterocycles. The molecule has 0 aliphatic heterocycles. The van der Waals surface area contributed by atoms with Gasteiger partial charge in [0.25, 0.3) is 0 Å². The number of rotatable bonds is 4. The lowest BCUT2D eigenvalue weighted by atomic mass is 10.2. The van der Waals surface area contributed by atoms with E-state index in [1.54, 1.807) is 14.1 Å². The van der Waals surface area contributed by atoms with E-state index in [2.05, 4.69) is 25.3 Å². The molecule has 0 radical (unpaired) electrons. The lowest BCUT2D eigenvalue weighted by molar-refractivity contribution is -0.141. The van der Waals surface area contributed by atoms with Crippen molar-refractivity contribution in [3.63, 3.8) is 0 Å². The van der Waals surface area contributed by atoms with Gasteiger partial charge in [-0.15, -0.1) is 0 Å². The SMILES string of the molecule is CN(C)c1nc(Nc2cccc(C(F)(F)F)c2)nc(-c2cccc(C(F)(F)F)n2)n1. The maximum Gasteiger partial charge on any atom is 0.433 e. The molecule has 6 nitrogen and oxygen atoms in total. The van der Waals surface area contributed by atoms with Crippen molar-refractivity contribution in [1.82, 2.24) is 19.9 Å². The Morgan fingerprint density at radius 3 is 2.13 bits per heavy atom. The van der Waals surface area contributed by atoms with Gasteiger partial charge < -0.3 is 10.2 Å². The maximum absolute atomic E-state index is 13.0. The van der Waals surface area contributed by atoms with Crippen molar-refractivity contribution < 1.29 is 26.3 Å². The molecule has 158 valence electrons. The third-order valence-corrected chi connectivity index (χ3v) is 3.74. The summed E-state index contributed by atoms with van der Waals surface area (Å²) in [6.45, 7) is 0. The lowest BCUT2D eigenvalue weighted by Crippen LogP contribution is -2.16. The highest BCUT2D eigenvalue weighted by Crippen LogP contribution is 2.32. The summed E-state index contributed by atoms with van der Waals surface area (Å²) in [5, 5.41) is 2.63. The van der Waals surface area contributed by atoms with Gasteiger partial charge in [-0.3, -0.25) is 0 Å². The second-order valence-electron chi connectivity index (χ2n) is 6.29. The van der Waals surface area contributed by atoms with Gasteiger partial charge in [0, 0.05) is 19.8 Å². The van der Waals surface area contributed by atoms with Crippen LogP contribution in [-0.4, -0.2) is 34.0 Å². The van der Waals surface area contributed by atoms with Crippen molar-refractivity contribution in [3.05, 3.63) is 53.7 Å². The van der Waals surface area contributed by atoms with Crippen LogP contribution in [0.15, 0.2) is 42.5 Å². The summed E-state index contributed by atoms with van der Waals surface area (Å²) in [4.78, 5) is 17.2. The van der Waals surface area contributed by atoms with Gasteiger partial charge in [0.05, 0.1) is 5.56 Å². The molecule has 0 aliphatic rings. The quantitative estimate of drug-likeness (QED) is 0.604. The Morgan fingerprint density at radius 2 is 1.50 bits per heavy atom. The smallest absolute Gasteiger partial charge is 0.347 e. The number of hydrogen-bond acceptors (Lipinski definition) is 6. The van der Waals surface area contributed by atoms with E-state index < -0.39 is 23.6 Å². The first-order chi connectivity index (χ1) is 13.9. The first-order valence-electron chi connectivity index (χ1n) is 8.36. The van der Waals surface area contributed by atoms with Crippen LogP contribution in [0, 0.1) is 0 Å². The van der Waals surface area contributed by atoms with E-state index in [1.165, 1.54) is 23.1 Å². The Morgan fingerprint density at radius 1 is 0.800 bits per heavy atom. The van der Waals surface area contributed by atoms with Crippen LogP contribution in [0.4, 0.5) is 43.9 Å². The van der Waals surface area contributed by atoms with E-state index in [1.807, 2.05) is 0 Å². The topological polar surface area (TPSA) is 66.8 Å². The fourth-order valence-corrected chi connectivity index (χ4v) is 2.35. The first kappa shape index (κ1) is 21.3. The van der Waals surface area contributed by atoms with Crippen molar-refractivity contribution in [2.75, 3.05) is 24.3 Å². The molecular formula is C18H14F6N6. The minimum Gasteiger partial charge on any atom is -0.347 e. The summed E-state index contributed by atoms with van der Waals surface area (Å²) in [6.07, 6.45) is -9.20. The van der Waals surface area contributed by atoms with Gasteiger partial charge in [0.1, 0.15) is 11.4 Å². The second-order valence-corrected chi connectivity index (χ2v) is 6.29. The van der Waals surface area contributed by atoms with Crippen LogP contribution in [0.5, 0.6) is 0 Å². The number of halogens is 6. The van der Waals surface area contributed by atoms with Crippen molar-refractivity contribution in [1.29, 1.82) is 0 Å². The third-order valence-electron chi connectivity index (χ3n) is 3.74. The minimum atomic E-state index is -4.66. The zero-order valence-electron chi connectivity index (χ0n) is 15.5. The van der Waals surface area contributed by atoms with Crippen molar-refractivity contribution in [3.8, 4) is 11.5 Å². The highest BCUT2D eigenvalue weighted by molar-refractivity contribution is 5.59. The Kier molecular flexibility index (Phi) is 5.51. The van der Waals surface area contributed by atoms with Gasteiger partial charge in [-0.2, -0.15) is 41.3 Å². The van der Waals surface area contributed by atoms with Crippen molar-refractivity contribution >= 4 is 17.6 Å². The predicted molar refractivity (Wildman–Crippen MR) is 97.1 cm³/mol. The van der Waals surface area contributed by atoms with E-state index in [9.17, 15) is 26.3 Å². The lowest BCUT2D eigenvalue weighted by Gasteiger charge is -2.14. The molecule has 0 saturated carbocycles. The van der Waals surface area contributed by atoms with Gasteiger partial charge in [-0.25, -0.2) is 4.98 Å². The van der Waals surface area contributed by atoms with E-state index in [4.69, 9.17) is 0 Å². The number of nitrogens with one attached hydrogen (secondary N) is 1. The van der Waals surface area contributed by atoms with Gasteiger partial charge in [0.2, 0.25) is 11.9 Å². The maximum atomic E-state index is 13.0. The van der Waals surface area contributed by atoms with Crippen LogP contribution in [0.2, 0.25) is 0 Å². The summed E-state index contributed by atoms with van der Waals surface area (Å²) in [7, 11) is 3.18. The molecule has 0 unspecified atom stereocenters. The molecule has 3 rings (SSSR count). The zero-order chi connectivity index (χ0) is 22.1. The molecule has 0 spiro atoms. The highest BCUT2D eigenvalue weighted by Gasteiger charge is 2.33. The Labute approximate surface area is 166 Å². The molecule has 0 fully saturated rings. The Hall–Kier alpha value is -3.44. The number of nitrogens with zero attached hydrogens (tertiary/aromatic N) is 5. The largest absolute Gasteiger partial charge is 0.433 e. The monoisotopic (exact) mass is 428 g/mol. The molecule has 12 heteroatoms. The van der Waals surface area contributed by atoms with Crippen molar-refractivity contribution in [2.24, 2.45) is 0 Å². The third kappa shape index (κ3) is 4.93. The molecule has 0 bridgehead atoms. The average molecular weight is 428 g/mol. The molecular weight excluding hydrogens is 414 g/mol. The van der Waals surface area contributed by atoms with E-state index >= 15 is 0 Å². The Balaban J connectivity index is 2.03. The molecule has 0 atom stereocenters. The van der Waals surface area contributed by atoms with Gasteiger partial charge in [0.15, 0.2) is 5.82 Å².